The van der Waals surface area contributed by atoms with Gasteiger partial charge in [-0.25, -0.2) is 29.3 Å². The van der Waals surface area contributed by atoms with Gasteiger partial charge in [0.1, 0.15) is 23.3 Å². The number of benzene rings is 1. The summed E-state index contributed by atoms with van der Waals surface area (Å²) in [6, 6.07) is 7.76. The number of fused-ring (bicyclic) bond motifs is 2. The van der Waals surface area contributed by atoms with Crippen LogP contribution in [-0.2, 0) is 0 Å². The van der Waals surface area contributed by atoms with Crippen molar-refractivity contribution in [1.29, 1.82) is 0 Å². The molecule has 0 bridgehead atoms. The Bertz CT molecular complexity index is 1340. The van der Waals surface area contributed by atoms with E-state index in [4.69, 9.17) is 16.6 Å². The Balaban J connectivity index is 1.67. The van der Waals surface area contributed by atoms with Gasteiger partial charge in [0.15, 0.2) is 11.5 Å². The van der Waals surface area contributed by atoms with Crippen LogP contribution in [-0.4, -0.2) is 34.3 Å². The smallest absolute Gasteiger partial charge is 0.209 e. The van der Waals surface area contributed by atoms with Crippen molar-refractivity contribution in [3.63, 3.8) is 0 Å². The summed E-state index contributed by atoms with van der Waals surface area (Å²) in [7, 11) is 0. The van der Waals surface area contributed by atoms with Gasteiger partial charge in [0.25, 0.3) is 0 Å². The zero-order valence-electron chi connectivity index (χ0n) is 15.1. The van der Waals surface area contributed by atoms with E-state index < -0.39 is 0 Å². The van der Waals surface area contributed by atoms with E-state index in [1.54, 1.807) is 29.1 Å². The maximum Gasteiger partial charge on any atom is 0.209 e. The van der Waals surface area contributed by atoms with Gasteiger partial charge in [-0.05, 0) is 36.7 Å². The van der Waals surface area contributed by atoms with E-state index in [9.17, 15) is 4.39 Å². The fourth-order valence-corrected chi connectivity index (χ4v) is 3.57. The van der Waals surface area contributed by atoms with Gasteiger partial charge in [-0.3, -0.25) is 4.40 Å². The maximum atomic E-state index is 14.0. The second kappa shape index (κ2) is 6.78. The summed E-state index contributed by atoms with van der Waals surface area (Å²) in [6.45, 7) is 1.94. The zero-order valence-corrected chi connectivity index (χ0v) is 15.9. The zero-order chi connectivity index (χ0) is 20.0. The number of halogens is 2. The van der Waals surface area contributed by atoms with Crippen LogP contribution in [0.2, 0.25) is 5.28 Å². The van der Waals surface area contributed by atoms with Gasteiger partial charge in [-0.2, -0.15) is 0 Å². The number of hydrogen-bond acceptors (Lipinski definition) is 6. The third kappa shape index (κ3) is 2.95. The SMILES string of the molecule is CC(Nc1ncnc2nc[nH]c12)c1nc2ccnc(Cl)n2c1-c1cccc(F)c1. The van der Waals surface area contributed by atoms with Crippen molar-refractivity contribution >= 4 is 34.2 Å². The highest BCUT2D eigenvalue weighted by atomic mass is 35.5. The summed E-state index contributed by atoms with van der Waals surface area (Å²) in [5, 5.41) is 3.58. The second-order valence-electron chi connectivity index (χ2n) is 6.45. The van der Waals surface area contributed by atoms with E-state index in [-0.39, 0.29) is 17.1 Å². The van der Waals surface area contributed by atoms with Crippen LogP contribution in [0.5, 0.6) is 0 Å². The van der Waals surface area contributed by atoms with Crippen LogP contribution in [0.15, 0.2) is 49.2 Å². The van der Waals surface area contributed by atoms with Gasteiger partial charge < -0.3 is 10.3 Å². The third-order valence-corrected chi connectivity index (χ3v) is 4.87. The summed E-state index contributed by atoms with van der Waals surface area (Å²) < 4.78 is 15.7. The number of nitrogens with zero attached hydrogens (tertiary/aromatic N) is 6. The van der Waals surface area contributed by atoms with E-state index in [1.807, 2.05) is 13.0 Å². The number of aromatic amines is 1. The minimum absolute atomic E-state index is 0.241. The first-order valence-electron chi connectivity index (χ1n) is 8.81. The Labute approximate surface area is 168 Å². The molecule has 0 fully saturated rings. The third-order valence-electron chi connectivity index (χ3n) is 4.60. The summed E-state index contributed by atoms with van der Waals surface area (Å²) in [5.74, 6) is 0.241. The van der Waals surface area contributed by atoms with Gasteiger partial charge in [-0.1, -0.05) is 12.1 Å². The highest BCUT2D eigenvalue weighted by molar-refractivity contribution is 6.28. The summed E-state index contributed by atoms with van der Waals surface area (Å²) >= 11 is 6.36. The number of H-pyrrole nitrogens is 1. The number of rotatable bonds is 4. The monoisotopic (exact) mass is 408 g/mol. The first kappa shape index (κ1) is 17.5. The molecule has 0 saturated heterocycles. The van der Waals surface area contributed by atoms with Crippen molar-refractivity contribution in [1.82, 2.24) is 34.3 Å². The molecule has 0 saturated carbocycles. The molecule has 1 atom stereocenters. The molecule has 29 heavy (non-hydrogen) atoms. The standard InChI is InChI=1S/C19H14ClFN8/c1-10(27-18-15-17(24-8-23-15)25-9-26-18)14-16(11-3-2-4-12(21)7-11)29-13(28-14)5-6-22-19(29)20/h2-10H,1H3,(H2,23,24,25,26,27). The van der Waals surface area contributed by atoms with Crippen molar-refractivity contribution in [2.45, 2.75) is 13.0 Å². The molecular formula is C19H14ClFN8. The number of hydrogen-bond donors (Lipinski definition) is 2. The molecule has 0 aliphatic rings. The lowest BCUT2D eigenvalue weighted by Gasteiger charge is -2.15. The predicted octanol–water partition coefficient (Wildman–Crippen LogP) is 4.03. The van der Waals surface area contributed by atoms with Crippen molar-refractivity contribution in [3.05, 3.63) is 66.0 Å². The predicted molar refractivity (Wildman–Crippen MR) is 107 cm³/mol. The largest absolute Gasteiger partial charge is 0.360 e. The van der Waals surface area contributed by atoms with Crippen LogP contribution in [0.1, 0.15) is 18.7 Å². The first-order valence-corrected chi connectivity index (χ1v) is 9.19. The molecule has 0 radical (unpaired) electrons. The Morgan fingerprint density at radius 1 is 1.17 bits per heavy atom. The van der Waals surface area contributed by atoms with Gasteiger partial charge >= 0.3 is 0 Å². The highest BCUT2D eigenvalue weighted by Gasteiger charge is 2.22. The maximum absolute atomic E-state index is 14.0. The van der Waals surface area contributed by atoms with E-state index in [0.29, 0.717) is 39.6 Å². The molecule has 1 aromatic carbocycles. The Morgan fingerprint density at radius 3 is 2.93 bits per heavy atom. The first-order chi connectivity index (χ1) is 14.1. The van der Waals surface area contributed by atoms with Crippen LogP contribution in [0.25, 0.3) is 28.1 Å². The molecule has 10 heteroatoms. The minimum Gasteiger partial charge on any atom is -0.360 e. The average Bonchev–Trinajstić information content (AvgIpc) is 3.34. The molecule has 8 nitrogen and oxygen atoms in total. The number of aromatic nitrogens is 7. The van der Waals surface area contributed by atoms with Crippen LogP contribution in [0, 0.1) is 5.82 Å². The van der Waals surface area contributed by atoms with Crippen molar-refractivity contribution < 1.29 is 4.39 Å². The normalized spacial score (nSPS) is 12.5. The number of imidazole rings is 2. The molecule has 4 aromatic heterocycles. The molecule has 0 spiro atoms. The Kier molecular flexibility index (Phi) is 4.09. The topological polar surface area (TPSA) is 96.7 Å². The van der Waals surface area contributed by atoms with Crippen molar-refractivity contribution in [3.8, 4) is 11.3 Å². The fraction of sp³-hybridized carbons (Fsp3) is 0.105. The minimum atomic E-state index is -0.348. The average molecular weight is 409 g/mol. The second-order valence-corrected chi connectivity index (χ2v) is 6.79. The molecule has 5 rings (SSSR count). The quantitative estimate of drug-likeness (QED) is 0.436. The van der Waals surface area contributed by atoms with E-state index in [0.717, 1.165) is 0 Å². The fourth-order valence-electron chi connectivity index (χ4n) is 3.34. The number of anilines is 1. The van der Waals surface area contributed by atoms with Crippen LogP contribution in [0.4, 0.5) is 10.2 Å². The number of nitrogens with one attached hydrogen (secondary N) is 2. The summed E-state index contributed by atoms with van der Waals surface area (Å²) in [6.07, 6.45) is 4.58. The van der Waals surface area contributed by atoms with E-state index in [2.05, 4.69) is 30.2 Å². The lowest BCUT2D eigenvalue weighted by Crippen LogP contribution is -2.10. The molecular weight excluding hydrogens is 395 g/mol. The lowest BCUT2D eigenvalue weighted by molar-refractivity contribution is 0.628. The molecule has 0 aliphatic carbocycles. The van der Waals surface area contributed by atoms with E-state index >= 15 is 0 Å². The van der Waals surface area contributed by atoms with E-state index in [1.165, 1.54) is 18.5 Å². The van der Waals surface area contributed by atoms with Gasteiger partial charge in [0.2, 0.25) is 5.28 Å². The molecule has 0 aliphatic heterocycles. The van der Waals surface area contributed by atoms with Crippen molar-refractivity contribution in [2.75, 3.05) is 5.32 Å². The summed E-state index contributed by atoms with van der Waals surface area (Å²) in [5.41, 5.74) is 3.84. The van der Waals surface area contributed by atoms with Crippen LogP contribution >= 0.6 is 11.6 Å². The van der Waals surface area contributed by atoms with Crippen LogP contribution < -0.4 is 5.32 Å². The van der Waals surface area contributed by atoms with Gasteiger partial charge in [0.05, 0.1) is 23.8 Å². The lowest BCUT2D eigenvalue weighted by atomic mass is 10.1. The summed E-state index contributed by atoms with van der Waals surface area (Å²) in [4.78, 5) is 24.5. The molecule has 1 unspecified atom stereocenters. The van der Waals surface area contributed by atoms with Crippen molar-refractivity contribution in [2.24, 2.45) is 0 Å². The highest BCUT2D eigenvalue weighted by Crippen LogP contribution is 2.33. The van der Waals surface area contributed by atoms with Gasteiger partial charge in [0, 0.05) is 11.8 Å². The van der Waals surface area contributed by atoms with Crippen LogP contribution in [0.3, 0.4) is 0 Å². The molecule has 5 aromatic rings. The Morgan fingerprint density at radius 2 is 2.07 bits per heavy atom. The Hall–Kier alpha value is -3.59. The molecule has 144 valence electrons. The van der Waals surface area contributed by atoms with Gasteiger partial charge in [-0.15, -0.1) is 0 Å². The molecule has 2 N–H and O–H groups in total. The molecule has 4 heterocycles. The molecule has 0 amide bonds.